The highest BCUT2D eigenvalue weighted by Gasteiger charge is 1.98. The minimum atomic E-state index is -0.232. The molecule has 54 valence electrons. The molecule has 0 bridgehead atoms. The molecule has 0 N–H and O–H groups in total. The Morgan fingerprint density at radius 2 is 2.33 bits per heavy atom. The Kier molecular flexibility index (Phi) is 6.53. The van der Waals surface area contributed by atoms with Gasteiger partial charge in [0.1, 0.15) is 0 Å². The van der Waals surface area contributed by atoms with E-state index in [-0.39, 0.29) is 12.0 Å². The number of hydrogen-bond donors (Lipinski definition) is 0. The topological polar surface area (TPSA) is 26.3 Å². The Morgan fingerprint density at radius 3 is 2.78 bits per heavy atom. The lowest BCUT2D eigenvalue weighted by Gasteiger charge is -1.96. The molecule has 0 heterocycles. The van der Waals surface area contributed by atoms with Gasteiger partial charge in [0, 0.05) is 11.8 Å². The first kappa shape index (κ1) is 9.24. The second kappa shape index (κ2) is 6.36. The summed E-state index contributed by atoms with van der Waals surface area (Å²) < 4.78 is 4.45. The fourth-order valence-electron chi connectivity index (χ4n) is 0.344. The molecule has 9 heavy (non-hydrogen) atoms. The van der Waals surface area contributed by atoms with E-state index in [2.05, 4.69) is 20.7 Å². The second-order valence-corrected chi connectivity index (χ2v) is 2.43. The van der Waals surface area contributed by atoms with Gasteiger partial charge in [-0.15, -0.1) is 0 Å². The third-order valence-corrected chi connectivity index (χ3v) is 1.40. The molecular formula is C5H8BrClO2. The number of rotatable bonds is 4. The van der Waals surface area contributed by atoms with E-state index in [0.717, 1.165) is 11.8 Å². The van der Waals surface area contributed by atoms with E-state index >= 15 is 0 Å². The van der Waals surface area contributed by atoms with Crippen molar-refractivity contribution in [3.63, 3.8) is 0 Å². The zero-order chi connectivity index (χ0) is 7.11. The van der Waals surface area contributed by atoms with Crippen LogP contribution in [0.4, 0.5) is 0 Å². The van der Waals surface area contributed by atoms with Crippen LogP contribution in [0.15, 0.2) is 0 Å². The Labute approximate surface area is 67.6 Å². The Hall–Kier alpha value is 0.240. The van der Waals surface area contributed by atoms with Crippen LogP contribution < -0.4 is 0 Å². The van der Waals surface area contributed by atoms with Gasteiger partial charge in [-0.1, -0.05) is 27.5 Å². The van der Waals surface area contributed by atoms with Gasteiger partial charge in [-0.2, -0.15) is 0 Å². The zero-order valence-corrected chi connectivity index (χ0v) is 7.24. The lowest BCUT2D eigenvalue weighted by atomic mass is 10.3. The summed E-state index contributed by atoms with van der Waals surface area (Å²) >= 11 is 8.31. The number of hydrogen-bond acceptors (Lipinski definition) is 2. The molecule has 0 spiro atoms. The van der Waals surface area contributed by atoms with Crippen LogP contribution in [0.25, 0.3) is 0 Å². The first-order valence-corrected chi connectivity index (χ1v) is 4.24. The van der Waals surface area contributed by atoms with E-state index in [9.17, 15) is 4.79 Å². The molecule has 0 fully saturated rings. The van der Waals surface area contributed by atoms with Gasteiger partial charge in [0.25, 0.3) is 0 Å². The molecule has 0 atom stereocenters. The molecule has 0 saturated heterocycles. The maximum Gasteiger partial charge on any atom is 0.307 e. The van der Waals surface area contributed by atoms with Crippen molar-refractivity contribution < 1.29 is 9.53 Å². The molecule has 0 aliphatic carbocycles. The van der Waals surface area contributed by atoms with Crippen LogP contribution >= 0.6 is 27.5 Å². The number of ether oxygens (including phenoxy) is 1. The highest BCUT2D eigenvalue weighted by molar-refractivity contribution is 9.09. The molecule has 0 aromatic heterocycles. The predicted molar refractivity (Wildman–Crippen MR) is 39.8 cm³/mol. The van der Waals surface area contributed by atoms with Crippen LogP contribution in [0.3, 0.4) is 0 Å². The minimum Gasteiger partial charge on any atom is -0.449 e. The van der Waals surface area contributed by atoms with Crippen LogP contribution in [0, 0.1) is 0 Å². The second-order valence-electron chi connectivity index (χ2n) is 1.42. The van der Waals surface area contributed by atoms with Crippen LogP contribution in [-0.4, -0.2) is 17.4 Å². The van der Waals surface area contributed by atoms with E-state index in [4.69, 9.17) is 11.6 Å². The highest BCUT2D eigenvalue weighted by Crippen LogP contribution is 1.96. The molecule has 0 amide bonds. The molecule has 4 heteroatoms. The smallest absolute Gasteiger partial charge is 0.307 e. The van der Waals surface area contributed by atoms with Crippen LogP contribution in [-0.2, 0) is 9.53 Å². The molecule has 0 unspecified atom stereocenters. The van der Waals surface area contributed by atoms with Gasteiger partial charge in [0.2, 0.25) is 0 Å². The summed E-state index contributed by atoms with van der Waals surface area (Å²) in [5, 5.41) is 0.824. The molecule has 0 aromatic carbocycles. The van der Waals surface area contributed by atoms with Gasteiger partial charge in [0.15, 0.2) is 6.07 Å². The first-order chi connectivity index (χ1) is 4.31. The summed E-state index contributed by atoms with van der Waals surface area (Å²) in [5.74, 6) is -0.232. The van der Waals surface area contributed by atoms with Crippen molar-refractivity contribution in [1.29, 1.82) is 0 Å². The minimum absolute atomic E-state index is 0.0406. The van der Waals surface area contributed by atoms with Crippen LogP contribution in [0.2, 0.25) is 0 Å². The molecule has 0 aliphatic rings. The van der Waals surface area contributed by atoms with E-state index in [0.29, 0.717) is 6.42 Å². The number of carbonyl (C=O) groups excluding carboxylic acids is 1. The number of esters is 1. The highest BCUT2D eigenvalue weighted by atomic mass is 79.9. The van der Waals surface area contributed by atoms with Crippen LogP contribution in [0.5, 0.6) is 0 Å². The molecule has 0 aromatic rings. The van der Waals surface area contributed by atoms with Crippen LogP contribution in [0.1, 0.15) is 12.8 Å². The molecule has 0 radical (unpaired) electrons. The summed E-state index contributed by atoms with van der Waals surface area (Å²) in [5.41, 5.74) is 0. The van der Waals surface area contributed by atoms with Crippen molar-refractivity contribution in [3.05, 3.63) is 0 Å². The monoisotopic (exact) mass is 214 g/mol. The van der Waals surface area contributed by atoms with Gasteiger partial charge in [0.05, 0.1) is 0 Å². The van der Waals surface area contributed by atoms with E-state index in [1.807, 2.05) is 0 Å². The van der Waals surface area contributed by atoms with Crippen molar-refractivity contribution in [3.8, 4) is 0 Å². The lowest BCUT2D eigenvalue weighted by molar-refractivity contribution is -0.141. The van der Waals surface area contributed by atoms with E-state index in [1.54, 1.807) is 0 Å². The van der Waals surface area contributed by atoms with E-state index in [1.165, 1.54) is 0 Å². The van der Waals surface area contributed by atoms with Gasteiger partial charge < -0.3 is 4.74 Å². The molecule has 0 rings (SSSR count). The van der Waals surface area contributed by atoms with Crippen molar-refractivity contribution in [2.75, 3.05) is 11.4 Å². The summed E-state index contributed by atoms with van der Waals surface area (Å²) in [7, 11) is 0. The van der Waals surface area contributed by atoms with Crippen molar-refractivity contribution in [2.24, 2.45) is 0 Å². The molecular weight excluding hydrogens is 207 g/mol. The average molecular weight is 215 g/mol. The van der Waals surface area contributed by atoms with Gasteiger partial charge >= 0.3 is 5.97 Å². The Morgan fingerprint density at radius 1 is 1.67 bits per heavy atom. The van der Waals surface area contributed by atoms with Gasteiger partial charge in [-0.25, -0.2) is 0 Å². The fraction of sp³-hybridized carbons (Fsp3) is 0.800. The summed E-state index contributed by atoms with van der Waals surface area (Å²) in [6.45, 7) is 0. The zero-order valence-electron chi connectivity index (χ0n) is 4.90. The standard InChI is InChI=1S/C5H8BrClO2/c6-3-1-2-5(8)9-4-7/h1-4H2. The third-order valence-electron chi connectivity index (χ3n) is 0.730. The van der Waals surface area contributed by atoms with Crippen molar-refractivity contribution in [2.45, 2.75) is 12.8 Å². The summed E-state index contributed by atoms with van der Waals surface area (Å²) in [4.78, 5) is 10.5. The maximum atomic E-state index is 10.5. The largest absolute Gasteiger partial charge is 0.449 e. The van der Waals surface area contributed by atoms with Gasteiger partial charge in [-0.3, -0.25) is 4.79 Å². The number of halogens is 2. The maximum absolute atomic E-state index is 10.5. The predicted octanol–water partition coefficient (Wildman–Crippen LogP) is 1.90. The average Bonchev–Trinajstić information content (AvgIpc) is 1.85. The fourth-order valence-corrected chi connectivity index (χ4v) is 0.746. The molecule has 0 aliphatic heterocycles. The Balaban J connectivity index is 3.06. The van der Waals surface area contributed by atoms with Crippen molar-refractivity contribution >= 4 is 33.5 Å². The SMILES string of the molecule is O=C(CCCBr)OCCl. The first-order valence-electron chi connectivity index (χ1n) is 2.58. The number of alkyl halides is 2. The molecule has 2 nitrogen and oxygen atoms in total. The summed E-state index contributed by atoms with van der Waals surface area (Å²) in [6, 6.07) is -0.0406. The van der Waals surface area contributed by atoms with Gasteiger partial charge in [-0.05, 0) is 6.42 Å². The molecule has 0 saturated carbocycles. The quantitative estimate of drug-likeness (QED) is 0.529. The summed E-state index contributed by atoms with van der Waals surface area (Å²) in [6.07, 6.45) is 1.24. The normalized spacial score (nSPS) is 9.11. The van der Waals surface area contributed by atoms with E-state index < -0.39 is 0 Å². The van der Waals surface area contributed by atoms with Crippen molar-refractivity contribution in [1.82, 2.24) is 0 Å². The number of carbonyl (C=O) groups is 1. The Bertz CT molecular complexity index is 87.0. The third kappa shape index (κ3) is 6.12. The lowest BCUT2D eigenvalue weighted by Crippen LogP contribution is -2.02.